The van der Waals surface area contributed by atoms with Crippen LogP contribution in [0.15, 0.2) is 65.1 Å². The van der Waals surface area contributed by atoms with Crippen molar-refractivity contribution in [1.29, 1.82) is 0 Å². The molecule has 0 spiro atoms. The van der Waals surface area contributed by atoms with Gasteiger partial charge in [0.1, 0.15) is 0 Å². The summed E-state index contributed by atoms with van der Waals surface area (Å²) in [6.45, 7) is 2.65. The van der Waals surface area contributed by atoms with Gasteiger partial charge < -0.3 is 4.74 Å². The summed E-state index contributed by atoms with van der Waals surface area (Å²) in [7, 11) is -3.73. The molecule has 2 aliphatic heterocycles. The molecule has 2 heterocycles. The number of aryl methyl sites for hydroxylation is 1. The average Bonchev–Trinajstić information content (AvgIpc) is 3.30. The summed E-state index contributed by atoms with van der Waals surface area (Å²) < 4.78 is 32.9. The van der Waals surface area contributed by atoms with Gasteiger partial charge in [0.05, 0.1) is 4.90 Å². The smallest absolute Gasteiger partial charge is 0.271 e. The molecule has 1 saturated heterocycles. The van der Waals surface area contributed by atoms with Gasteiger partial charge in [0.25, 0.3) is 5.91 Å². The number of carbonyl (C=O) groups is 1. The average molecular weight is 443 g/mol. The second kappa shape index (κ2) is 9.32. The highest BCUT2D eigenvalue weighted by Crippen LogP contribution is 2.28. The largest absolute Gasteiger partial charge is 0.350 e. The second-order valence-corrected chi connectivity index (χ2v) is 9.65. The number of benzene rings is 2. The molecule has 0 aromatic heterocycles. The van der Waals surface area contributed by atoms with Crippen molar-refractivity contribution in [2.24, 2.45) is 0 Å². The molecule has 31 heavy (non-hydrogen) atoms. The van der Waals surface area contributed by atoms with Crippen molar-refractivity contribution in [2.45, 2.75) is 37.4 Å². The van der Waals surface area contributed by atoms with E-state index in [-0.39, 0.29) is 18.0 Å². The fraction of sp³-hybridized carbons (Fsp3) is 0.348. The lowest BCUT2D eigenvalue weighted by Gasteiger charge is -2.22. The van der Waals surface area contributed by atoms with Crippen molar-refractivity contribution < 1.29 is 22.8 Å². The Morgan fingerprint density at radius 1 is 1.16 bits per heavy atom. The van der Waals surface area contributed by atoms with Crippen molar-refractivity contribution in [3.63, 3.8) is 0 Å². The highest BCUT2D eigenvalue weighted by molar-refractivity contribution is 7.89. The Morgan fingerprint density at radius 3 is 2.68 bits per heavy atom. The first kappa shape index (κ1) is 21.7. The second-order valence-electron chi connectivity index (χ2n) is 7.71. The predicted molar refractivity (Wildman–Crippen MR) is 116 cm³/mol. The Bertz CT molecular complexity index is 1080. The minimum Gasteiger partial charge on any atom is -0.350 e. The van der Waals surface area contributed by atoms with Crippen LogP contribution in [0.5, 0.6) is 0 Å². The van der Waals surface area contributed by atoms with Crippen LogP contribution in [0.25, 0.3) is 11.1 Å². The first-order chi connectivity index (χ1) is 14.9. The minimum atomic E-state index is -3.73. The van der Waals surface area contributed by atoms with Gasteiger partial charge in [-0.3, -0.25) is 4.79 Å². The van der Waals surface area contributed by atoms with Gasteiger partial charge in [0.15, 0.2) is 6.29 Å². The van der Waals surface area contributed by atoms with E-state index in [9.17, 15) is 13.2 Å². The maximum Gasteiger partial charge on any atom is 0.271 e. The normalized spacial score (nSPS) is 19.8. The van der Waals surface area contributed by atoms with Gasteiger partial charge >= 0.3 is 0 Å². The molecule has 1 N–H and O–H groups in total. The van der Waals surface area contributed by atoms with Gasteiger partial charge in [-0.1, -0.05) is 42.5 Å². The zero-order valence-corrected chi connectivity index (χ0v) is 18.2. The lowest BCUT2D eigenvalue weighted by atomic mass is 10.0. The number of nitrogens with one attached hydrogen (secondary N) is 1. The third kappa shape index (κ3) is 4.88. The van der Waals surface area contributed by atoms with Crippen molar-refractivity contribution in [3.05, 3.63) is 65.7 Å². The van der Waals surface area contributed by atoms with E-state index in [1.807, 2.05) is 43.3 Å². The van der Waals surface area contributed by atoms with Crippen LogP contribution >= 0.6 is 0 Å². The predicted octanol–water partition coefficient (Wildman–Crippen LogP) is 3.17. The summed E-state index contributed by atoms with van der Waals surface area (Å²) >= 11 is 0. The molecular formula is C23H26N2O5S. The zero-order valence-electron chi connectivity index (χ0n) is 17.4. The quantitative estimate of drug-likeness (QED) is 0.695. The monoisotopic (exact) mass is 442 g/mol. The molecule has 0 radical (unpaired) electrons. The first-order valence-electron chi connectivity index (χ1n) is 10.4. The third-order valence-electron chi connectivity index (χ3n) is 5.52. The number of nitrogens with zero attached hydrogens (tertiary/aromatic N) is 1. The molecular weight excluding hydrogens is 416 g/mol. The van der Waals surface area contributed by atoms with Crippen LogP contribution in [0, 0.1) is 6.92 Å². The zero-order chi connectivity index (χ0) is 21.8. The van der Waals surface area contributed by atoms with E-state index in [2.05, 4.69) is 5.48 Å². The van der Waals surface area contributed by atoms with Gasteiger partial charge in [0, 0.05) is 31.7 Å². The van der Waals surface area contributed by atoms with Crippen LogP contribution < -0.4 is 5.48 Å². The fourth-order valence-corrected chi connectivity index (χ4v) is 5.20. The van der Waals surface area contributed by atoms with Crippen LogP contribution in [0.2, 0.25) is 0 Å². The van der Waals surface area contributed by atoms with E-state index in [0.29, 0.717) is 12.2 Å². The highest BCUT2D eigenvalue weighted by Gasteiger charge is 2.31. The lowest BCUT2D eigenvalue weighted by molar-refractivity contribution is -0.198. The van der Waals surface area contributed by atoms with Crippen LogP contribution in [0.1, 0.15) is 24.8 Å². The van der Waals surface area contributed by atoms with Gasteiger partial charge in [-0.25, -0.2) is 18.7 Å². The molecule has 1 atom stereocenters. The minimum absolute atomic E-state index is 0.00251. The van der Waals surface area contributed by atoms with Crippen LogP contribution in [-0.4, -0.2) is 44.6 Å². The molecule has 2 aliphatic rings. The molecule has 164 valence electrons. The van der Waals surface area contributed by atoms with Gasteiger partial charge in [-0.15, -0.1) is 0 Å². The number of amides is 1. The summed E-state index contributed by atoms with van der Waals surface area (Å²) in [5.41, 5.74) is 5.64. The van der Waals surface area contributed by atoms with Crippen molar-refractivity contribution >= 4 is 15.9 Å². The number of sulfonamides is 1. The lowest BCUT2D eigenvalue weighted by Crippen LogP contribution is -2.36. The topological polar surface area (TPSA) is 84.9 Å². The van der Waals surface area contributed by atoms with E-state index < -0.39 is 22.2 Å². The SMILES string of the molecule is Cc1cc(S(=O)(=O)N2CC=C(C(=O)NOC3CCCCO3)C2)ccc1-c1ccccc1. The van der Waals surface area contributed by atoms with Crippen LogP contribution in [0.4, 0.5) is 0 Å². The first-order valence-corrected chi connectivity index (χ1v) is 11.8. The Balaban J connectivity index is 1.40. The van der Waals surface area contributed by atoms with Gasteiger partial charge in [0.2, 0.25) is 10.0 Å². The molecule has 4 rings (SSSR count). The van der Waals surface area contributed by atoms with Crippen molar-refractivity contribution in [3.8, 4) is 11.1 Å². The number of ether oxygens (including phenoxy) is 1. The summed E-state index contributed by atoms with van der Waals surface area (Å²) in [4.78, 5) is 17.9. The van der Waals surface area contributed by atoms with E-state index >= 15 is 0 Å². The number of hydrogen-bond donors (Lipinski definition) is 1. The fourth-order valence-electron chi connectivity index (χ4n) is 3.75. The molecule has 0 aliphatic carbocycles. The third-order valence-corrected chi connectivity index (χ3v) is 7.33. The molecule has 1 amide bonds. The number of hydroxylamine groups is 1. The molecule has 2 aromatic carbocycles. The summed E-state index contributed by atoms with van der Waals surface area (Å²) in [5.74, 6) is -0.442. The number of carbonyl (C=O) groups excluding carboxylic acids is 1. The summed E-state index contributed by atoms with van der Waals surface area (Å²) in [6.07, 6.45) is 3.85. The highest BCUT2D eigenvalue weighted by atomic mass is 32.2. The van der Waals surface area contributed by atoms with E-state index in [4.69, 9.17) is 9.57 Å². The van der Waals surface area contributed by atoms with E-state index in [0.717, 1.165) is 36.0 Å². The molecule has 7 nitrogen and oxygen atoms in total. The molecule has 0 saturated carbocycles. The summed E-state index contributed by atoms with van der Waals surface area (Å²) in [5, 5.41) is 0. The van der Waals surface area contributed by atoms with Crippen molar-refractivity contribution in [1.82, 2.24) is 9.79 Å². The standard InChI is InChI=1S/C23H26N2O5S/c1-17-15-20(10-11-21(17)18-7-3-2-4-8-18)31(27,28)25-13-12-19(16-25)23(26)24-30-22-9-5-6-14-29-22/h2-4,7-8,10-12,15,22H,5-6,9,13-14,16H2,1H3,(H,24,26). The Morgan fingerprint density at radius 2 is 1.97 bits per heavy atom. The van der Waals surface area contributed by atoms with Gasteiger partial charge in [-0.2, -0.15) is 4.31 Å². The number of hydrogen-bond acceptors (Lipinski definition) is 5. The van der Waals surface area contributed by atoms with Crippen molar-refractivity contribution in [2.75, 3.05) is 19.7 Å². The Hall–Kier alpha value is -2.52. The molecule has 8 heteroatoms. The number of rotatable bonds is 6. The van der Waals surface area contributed by atoms with Gasteiger partial charge in [-0.05, 0) is 48.6 Å². The Kier molecular flexibility index (Phi) is 6.52. The molecule has 2 aromatic rings. The molecule has 0 bridgehead atoms. The van der Waals surface area contributed by atoms with Crippen LogP contribution in [-0.2, 0) is 24.4 Å². The van der Waals surface area contributed by atoms with E-state index in [1.165, 1.54) is 4.31 Å². The van der Waals surface area contributed by atoms with Crippen LogP contribution in [0.3, 0.4) is 0 Å². The Labute approximate surface area is 182 Å². The van der Waals surface area contributed by atoms with E-state index in [1.54, 1.807) is 18.2 Å². The molecule has 1 unspecified atom stereocenters. The maximum atomic E-state index is 13.1. The molecule has 1 fully saturated rings. The summed E-state index contributed by atoms with van der Waals surface area (Å²) in [6, 6.07) is 15.0. The maximum absolute atomic E-state index is 13.1.